The van der Waals surface area contributed by atoms with Gasteiger partial charge >= 0.3 is 0 Å². The number of benzene rings is 2. The van der Waals surface area contributed by atoms with Crippen LogP contribution in [0.3, 0.4) is 0 Å². The Bertz CT molecular complexity index is 710. The van der Waals surface area contributed by atoms with Crippen molar-refractivity contribution in [3.05, 3.63) is 53.1 Å². The van der Waals surface area contributed by atoms with E-state index < -0.39 is 0 Å². The molecule has 0 saturated carbocycles. The molecule has 0 atom stereocenters. The highest BCUT2D eigenvalue weighted by molar-refractivity contribution is 6.33. The quantitative estimate of drug-likeness (QED) is 0.887. The van der Waals surface area contributed by atoms with Crippen molar-refractivity contribution in [1.82, 2.24) is 4.90 Å². The van der Waals surface area contributed by atoms with Crippen LogP contribution < -0.4 is 0 Å². The minimum atomic E-state index is -0.355. The summed E-state index contributed by atoms with van der Waals surface area (Å²) in [6, 6.07) is 12.9. The maximum atomic E-state index is 12.7. The van der Waals surface area contributed by atoms with E-state index in [2.05, 4.69) is 0 Å². The summed E-state index contributed by atoms with van der Waals surface area (Å²) in [5.74, 6) is -0.448. The minimum absolute atomic E-state index is 0.159. The van der Waals surface area contributed by atoms with Gasteiger partial charge in [-0.25, -0.2) is 0 Å². The molecule has 0 spiro atoms. The van der Waals surface area contributed by atoms with Gasteiger partial charge in [-0.05, 0) is 36.1 Å². The van der Waals surface area contributed by atoms with Crippen LogP contribution in [0.15, 0.2) is 42.5 Å². The molecule has 1 amide bonds. The third-order valence-electron chi connectivity index (χ3n) is 4.15. The van der Waals surface area contributed by atoms with E-state index in [0.717, 1.165) is 11.1 Å². The number of amides is 1. The lowest BCUT2D eigenvalue weighted by Crippen LogP contribution is -2.40. The summed E-state index contributed by atoms with van der Waals surface area (Å²) < 4.78 is 0. The number of carbonyl (C=O) groups excluding carboxylic acids is 1. The van der Waals surface area contributed by atoms with Crippen LogP contribution in [0.2, 0.25) is 5.02 Å². The highest BCUT2D eigenvalue weighted by Crippen LogP contribution is 2.34. The molecule has 1 aliphatic rings. The Morgan fingerprint density at radius 1 is 1.09 bits per heavy atom. The Hall–Kier alpha value is -2.04. The lowest BCUT2D eigenvalue weighted by Gasteiger charge is -2.30. The van der Waals surface area contributed by atoms with Gasteiger partial charge in [-0.3, -0.25) is 4.79 Å². The number of halogens is 1. The molecule has 2 aromatic carbocycles. The van der Waals surface area contributed by atoms with Crippen molar-refractivity contribution < 1.29 is 15.0 Å². The zero-order chi connectivity index (χ0) is 16.4. The van der Waals surface area contributed by atoms with Gasteiger partial charge in [0.25, 0.3) is 5.91 Å². The molecule has 1 saturated heterocycles. The third kappa shape index (κ3) is 3.33. The van der Waals surface area contributed by atoms with E-state index >= 15 is 0 Å². The predicted molar refractivity (Wildman–Crippen MR) is 89.7 cm³/mol. The van der Waals surface area contributed by atoms with Gasteiger partial charge in [0.1, 0.15) is 5.75 Å². The number of likely N-dealkylation sites (tertiary alicyclic amines) is 1. The minimum Gasteiger partial charge on any atom is -0.506 e. The second kappa shape index (κ2) is 6.60. The third-order valence-corrected chi connectivity index (χ3v) is 4.44. The lowest BCUT2D eigenvalue weighted by atomic mass is 10.0. The molecule has 0 bridgehead atoms. The normalized spacial score (nSPS) is 15.7. The first kappa shape index (κ1) is 15.8. The molecule has 0 aromatic heterocycles. The van der Waals surface area contributed by atoms with E-state index in [9.17, 15) is 15.0 Å². The molecule has 0 aliphatic carbocycles. The van der Waals surface area contributed by atoms with E-state index in [1.807, 2.05) is 30.3 Å². The van der Waals surface area contributed by atoms with Gasteiger partial charge in [-0.1, -0.05) is 41.9 Å². The van der Waals surface area contributed by atoms with Crippen molar-refractivity contribution in [2.75, 3.05) is 13.1 Å². The van der Waals surface area contributed by atoms with Crippen molar-refractivity contribution in [1.29, 1.82) is 0 Å². The number of piperidine rings is 1. The van der Waals surface area contributed by atoms with Crippen LogP contribution in [0.4, 0.5) is 0 Å². The maximum absolute atomic E-state index is 12.7. The van der Waals surface area contributed by atoms with Crippen LogP contribution in [0.1, 0.15) is 23.2 Å². The van der Waals surface area contributed by atoms with Crippen molar-refractivity contribution >= 4 is 17.5 Å². The number of aromatic hydroxyl groups is 1. The molecule has 0 radical (unpaired) electrons. The highest BCUT2D eigenvalue weighted by Gasteiger charge is 2.25. The first-order valence-corrected chi connectivity index (χ1v) is 7.99. The van der Waals surface area contributed by atoms with Crippen molar-refractivity contribution in [3.63, 3.8) is 0 Å². The van der Waals surface area contributed by atoms with E-state index in [1.165, 1.54) is 0 Å². The number of carbonyl (C=O) groups is 1. The SMILES string of the molecule is O=C(c1cc(-c2ccccc2)cc(Cl)c1O)N1CCC(O)CC1. The number of phenols is 1. The molecule has 0 unspecified atom stereocenters. The fourth-order valence-electron chi connectivity index (χ4n) is 2.80. The standard InChI is InChI=1S/C18H18ClNO3/c19-16-11-13(12-4-2-1-3-5-12)10-15(17(16)22)18(23)20-8-6-14(21)7-9-20/h1-5,10-11,14,21-22H,6-9H2. The Morgan fingerprint density at radius 3 is 2.39 bits per heavy atom. The molecule has 5 heteroatoms. The predicted octanol–water partition coefficient (Wildman–Crippen LogP) is 3.31. The number of hydrogen-bond donors (Lipinski definition) is 2. The number of aliphatic hydroxyl groups is 1. The van der Waals surface area contributed by atoms with Crippen molar-refractivity contribution in [2.45, 2.75) is 18.9 Å². The smallest absolute Gasteiger partial charge is 0.257 e. The molecule has 23 heavy (non-hydrogen) atoms. The summed E-state index contributed by atoms with van der Waals surface area (Å²) >= 11 is 6.11. The molecule has 1 fully saturated rings. The molecule has 2 aromatic rings. The van der Waals surface area contributed by atoms with E-state index in [4.69, 9.17) is 11.6 Å². The fourth-order valence-corrected chi connectivity index (χ4v) is 3.02. The zero-order valence-electron chi connectivity index (χ0n) is 12.6. The van der Waals surface area contributed by atoms with Gasteiger partial charge in [-0.15, -0.1) is 0 Å². The second-order valence-corrected chi connectivity index (χ2v) is 6.15. The monoisotopic (exact) mass is 331 g/mol. The van der Waals surface area contributed by atoms with E-state index in [-0.39, 0.29) is 28.3 Å². The average molecular weight is 332 g/mol. The summed E-state index contributed by atoms with van der Waals surface area (Å²) in [5, 5.41) is 19.9. The van der Waals surface area contributed by atoms with Crippen molar-refractivity contribution in [3.8, 4) is 16.9 Å². The van der Waals surface area contributed by atoms with Crippen LogP contribution in [0.5, 0.6) is 5.75 Å². The Balaban J connectivity index is 1.95. The Kier molecular flexibility index (Phi) is 4.55. The molecule has 2 N–H and O–H groups in total. The van der Waals surface area contributed by atoms with Gasteiger partial charge < -0.3 is 15.1 Å². The molecule has 3 rings (SSSR count). The number of rotatable bonds is 2. The average Bonchev–Trinajstić information content (AvgIpc) is 2.58. The van der Waals surface area contributed by atoms with Crippen molar-refractivity contribution in [2.24, 2.45) is 0 Å². The molecule has 1 heterocycles. The summed E-state index contributed by atoms with van der Waals surface area (Å²) in [6.07, 6.45) is 0.754. The second-order valence-electron chi connectivity index (χ2n) is 5.74. The summed E-state index contributed by atoms with van der Waals surface area (Å²) in [6.45, 7) is 0.958. The fraction of sp³-hybridized carbons (Fsp3) is 0.278. The molecule has 120 valence electrons. The van der Waals surface area contributed by atoms with Crippen LogP contribution >= 0.6 is 11.6 Å². The van der Waals surface area contributed by atoms with Gasteiger partial charge in [0.05, 0.1) is 16.7 Å². The lowest BCUT2D eigenvalue weighted by molar-refractivity contribution is 0.0544. The van der Waals surface area contributed by atoms with Gasteiger partial charge in [0.15, 0.2) is 0 Å². The molecule has 1 aliphatic heterocycles. The number of phenolic OH excluding ortho intramolecular Hbond substituents is 1. The Morgan fingerprint density at radius 2 is 1.74 bits per heavy atom. The maximum Gasteiger partial charge on any atom is 0.257 e. The zero-order valence-corrected chi connectivity index (χ0v) is 13.3. The Labute approximate surface area is 139 Å². The van der Waals surface area contributed by atoms with Crippen LogP contribution in [0, 0.1) is 0 Å². The van der Waals surface area contributed by atoms with Crippen LogP contribution in [-0.4, -0.2) is 40.2 Å². The summed E-state index contributed by atoms with van der Waals surface area (Å²) in [5.41, 5.74) is 1.92. The molecular weight excluding hydrogens is 314 g/mol. The van der Waals surface area contributed by atoms with Gasteiger partial charge in [-0.2, -0.15) is 0 Å². The number of nitrogens with zero attached hydrogens (tertiary/aromatic N) is 1. The molecular formula is C18H18ClNO3. The van der Waals surface area contributed by atoms with Crippen LogP contribution in [0.25, 0.3) is 11.1 Å². The first-order valence-electron chi connectivity index (χ1n) is 7.61. The van der Waals surface area contributed by atoms with E-state index in [0.29, 0.717) is 25.9 Å². The van der Waals surface area contributed by atoms with Crippen LogP contribution in [-0.2, 0) is 0 Å². The largest absolute Gasteiger partial charge is 0.506 e. The summed E-state index contributed by atoms with van der Waals surface area (Å²) in [7, 11) is 0. The number of aliphatic hydroxyl groups excluding tert-OH is 1. The van der Waals surface area contributed by atoms with Gasteiger partial charge in [0.2, 0.25) is 0 Å². The summed E-state index contributed by atoms with van der Waals surface area (Å²) in [4.78, 5) is 14.3. The first-order chi connectivity index (χ1) is 11.1. The highest BCUT2D eigenvalue weighted by atomic mass is 35.5. The van der Waals surface area contributed by atoms with E-state index in [1.54, 1.807) is 17.0 Å². The molecule has 4 nitrogen and oxygen atoms in total. The number of hydrogen-bond acceptors (Lipinski definition) is 3. The van der Waals surface area contributed by atoms with Gasteiger partial charge in [0, 0.05) is 13.1 Å². The topological polar surface area (TPSA) is 60.8 Å².